The maximum Gasteiger partial charge on any atom is 0.416 e. The molecule has 1 aliphatic heterocycles. The van der Waals surface area contributed by atoms with Gasteiger partial charge in [-0.2, -0.15) is 13.2 Å². The van der Waals surface area contributed by atoms with Crippen LogP contribution in [0.4, 0.5) is 17.6 Å². The zero-order valence-corrected chi connectivity index (χ0v) is 17.2. The van der Waals surface area contributed by atoms with Crippen LogP contribution in [-0.4, -0.2) is 35.0 Å². The number of carbonyl (C=O) groups excluding carboxylic acids is 2. The van der Waals surface area contributed by atoms with Crippen molar-refractivity contribution in [2.24, 2.45) is 0 Å². The summed E-state index contributed by atoms with van der Waals surface area (Å²) < 4.78 is 58.7. The van der Waals surface area contributed by atoms with Crippen molar-refractivity contribution in [3.8, 4) is 11.3 Å². The summed E-state index contributed by atoms with van der Waals surface area (Å²) in [6.07, 6.45) is -3.58. The highest BCUT2D eigenvalue weighted by Crippen LogP contribution is 2.31. The van der Waals surface area contributed by atoms with Crippen LogP contribution in [0.5, 0.6) is 0 Å². The Bertz CT molecular complexity index is 1180. The average molecular weight is 461 g/mol. The normalized spacial score (nSPS) is 15.0. The second kappa shape index (κ2) is 9.05. The van der Waals surface area contributed by atoms with E-state index in [0.717, 1.165) is 12.1 Å². The molecule has 1 aliphatic rings. The first kappa shape index (κ1) is 22.5. The molecule has 0 bridgehead atoms. The Morgan fingerprint density at radius 1 is 1.15 bits per heavy atom. The van der Waals surface area contributed by atoms with Gasteiger partial charge in [0.2, 0.25) is 5.91 Å². The van der Waals surface area contributed by atoms with Gasteiger partial charge in [0.15, 0.2) is 11.5 Å². The Hall–Kier alpha value is -3.69. The third kappa shape index (κ3) is 5.05. The smallest absolute Gasteiger partial charge is 0.355 e. The number of halogens is 4. The number of carbonyl (C=O) groups is 2. The second-order valence-corrected chi connectivity index (χ2v) is 7.65. The molecule has 4 rings (SSSR count). The molecule has 1 fully saturated rings. The summed E-state index contributed by atoms with van der Waals surface area (Å²) in [7, 11) is 0. The van der Waals surface area contributed by atoms with Crippen LogP contribution < -0.4 is 5.32 Å². The van der Waals surface area contributed by atoms with Gasteiger partial charge in [-0.05, 0) is 36.2 Å². The van der Waals surface area contributed by atoms with Crippen LogP contribution in [0, 0.1) is 5.82 Å². The Labute approximate surface area is 186 Å². The highest BCUT2D eigenvalue weighted by molar-refractivity contribution is 5.93. The maximum absolute atomic E-state index is 14.0. The summed E-state index contributed by atoms with van der Waals surface area (Å²) in [5, 5.41) is 6.31. The summed E-state index contributed by atoms with van der Waals surface area (Å²) in [5.74, 6) is -1.39. The highest BCUT2D eigenvalue weighted by Gasteiger charge is 2.32. The molecule has 0 saturated carbocycles. The van der Waals surface area contributed by atoms with Gasteiger partial charge in [-0.3, -0.25) is 9.59 Å². The van der Waals surface area contributed by atoms with E-state index in [1.165, 1.54) is 41.3 Å². The third-order valence-corrected chi connectivity index (χ3v) is 5.38. The van der Waals surface area contributed by atoms with Crippen LogP contribution in [0.15, 0.2) is 59.1 Å². The van der Waals surface area contributed by atoms with E-state index in [1.54, 1.807) is 6.07 Å². The second-order valence-electron chi connectivity index (χ2n) is 7.65. The molecule has 2 aromatic carbocycles. The first-order valence-corrected chi connectivity index (χ1v) is 10.2. The lowest BCUT2D eigenvalue weighted by Crippen LogP contribution is -2.38. The van der Waals surface area contributed by atoms with Gasteiger partial charge in [0.25, 0.3) is 5.91 Å². The van der Waals surface area contributed by atoms with Crippen molar-refractivity contribution in [2.75, 3.05) is 13.1 Å². The Balaban J connectivity index is 1.60. The van der Waals surface area contributed by atoms with Gasteiger partial charge in [0.05, 0.1) is 17.2 Å². The van der Waals surface area contributed by atoms with Crippen molar-refractivity contribution in [3.63, 3.8) is 0 Å². The predicted octanol–water partition coefficient (Wildman–Crippen LogP) is 4.59. The van der Waals surface area contributed by atoms with Gasteiger partial charge in [-0.25, -0.2) is 4.39 Å². The van der Waals surface area contributed by atoms with E-state index in [4.69, 9.17) is 4.52 Å². The molecule has 1 atom stereocenters. The van der Waals surface area contributed by atoms with E-state index >= 15 is 0 Å². The van der Waals surface area contributed by atoms with E-state index < -0.39 is 29.5 Å². The number of nitrogens with one attached hydrogen (secondary N) is 1. The average Bonchev–Trinajstić information content (AvgIpc) is 3.43. The predicted molar refractivity (Wildman–Crippen MR) is 109 cm³/mol. The van der Waals surface area contributed by atoms with E-state index in [-0.39, 0.29) is 35.0 Å². The molecule has 0 spiro atoms. The zero-order chi connectivity index (χ0) is 23.6. The van der Waals surface area contributed by atoms with E-state index in [9.17, 15) is 27.2 Å². The molecular weight excluding hydrogens is 442 g/mol. The van der Waals surface area contributed by atoms with Crippen LogP contribution in [0.2, 0.25) is 0 Å². The number of hydrogen-bond donors (Lipinski definition) is 1. The molecule has 1 aromatic heterocycles. The standard InChI is InChI=1S/C23H19F4N3O3/c24-17-8-2-1-7-16(17)20-12-18(29-33-20)22(32)28-19(13-30-10-4-9-21(30)31)14-5-3-6-15(11-14)23(25,26)27/h1-3,5-8,11-12,19H,4,9-10,13H2,(H,28,32). The Kier molecular flexibility index (Phi) is 6.17. The number of hydrogen-bond acceptors (Lipinski definition) is 4. The summed E-state index contributed by atoms with van der Waals surface area (Å²) in [4.78, 5) is 26.4. The first-order chi connectivity index (χ1) is 15.7. The molecule has 1 unspecified atom stereocenters. The lowest BCUT2D eigenvalue weighted by atomic mass is 10.0. The number of aromatic nitrogens is 1. The lowest BCUT2D eigenvalue weighted by molar-refractivity contribution is -0.137. The minimum Gasteiger partial charge on any atom is -0.355 e. The van der Waals surface area contributed by atoms with Crippen LogP contribution >= 0.6 is 0 Å². The molecular formula is C23H19F4N3O3. The molecule has 3 aromatic rings. The fourth-order valence-electron chi connectivity index (χ4n) is 3.69. The van der Waals surface area contributed by atoms with Crippen molar-refractivity contribution in [1.29, 1.82) is 0 Å². The molecule has 2 amide bonds. The van der Waals surface area contributed by atoms with Gasteiger partial charge in [-0.1, -0.05) is 29.4 Å². The van der Waals surface area contributed by atoms with Crippen LogP contribution in [-0.2, 0) is 11.0 Å². The zero-order valence-electron chi connectivity index (χ0n) is 17.2. The number of alkyl halides is 3. The number of benzene rings is 2. The summed E-state index contributed by atoms with van der Waals surface area (Å²) in [6, 6.07) is 10.7. The monoisotopic (exact) mass is 461 g/mol. The van der Waals surface area contributed by atoms with Crippen LogP contribution in [0.1, 0.15) is 40.5 Å². The molecule has 0 aliphatic carbocycles. The van der Waals surface area contributed by atoms with Gasteiger partial charge in [-0.15, -0.1) is 0 Å². The summed E-state index contributed by atoms with van der Waals surface area (Å²) in [6.45, 7) is 0.454. The molecule has 172 valence electrons. The summed E-state index contributed by atoms with van der Waals surface area (Å²) >= 11 is 0. The van der Waals surface area contributed by atoms with Gasteiger partial charge < -0.3 is 14.7 Å². The van der Waals surface area contributed by atoms with Crippen LogP contribution in [0.3, 0.4) is 0 Å². The van der Waals surface area contributed by atoms with Gasteiger partial charge >= 0.3 is 6.18 Å². The van der Waals surface area contributed by atoms with Crippen LogP contribution in [0.25, 0.3) is 11.3 Å². The number of likely N-dealkylation sites (tertiary alicyclic amines) is 1. The number of nitrogens with zero attached hydrogens (tertiary/aromatic N) is 2. The van der Waals surface area contributed by atoms with E-state index in [0.29, 0.717) is 19.4 Å². The van der Waals surface area contributed by atoms with Crippen molar-refractivity contribution in [3.05, 3.63) is 77.2 Å². The quantitative estimate of drug-likeness (QED) is 0.545. The Morgan fingerprint density at radius 3 is 2.64 bits per heavy atom. The van der Waals surface area contributed by atoms with Crippen molar-refractivity contribution in [1.82, 2.24) is 15.4 Å². The fraction of sp³-hybridized carbons (Fsp3) is 0.261. The van der Waals surface area contributed by atoms with E-state index in [2.05, 4.69) is 10.5 Å². The minimum absolute atomic E-state index is 0.00387. The Morgan fingerprint density at radius 2 is 1.94 bits per heavy atom. The molecule has 0 radical (unpaired) electrons. The number of rotatable bonds is 6. The van der Waals surface area contributed by atoms with Crippen molar-refractivity contribution in [2.45, 2.75) is 25.1 Å². The molecule has 33 heavy (non-hydrogen) atoms. The van der Waals surface area contributed by atoms with Gasteiger partial charge in [0, 0.05) is 25.6 Å². The highest BCUT2D eigenvalue weighted by atomic mass is 19.4. The molecule has 1 N–H and O–H groups in total. The minimum atomic E-state index is -4.56. The maximum atomic E-state index is 14.0. The van der Waals surface area contributed by atoms with E-state index in [1.807, 2.05) is 0 Å². The SMILES string of the molecule is O=C(NC(CN1CCCC1=O)c1cccc(C(F)(F)F)c1)c1cc(-c2ccccc2F)on1. The molecule has 1 saturated heterocycles. The summed E-state index contributed by atoms with van der Waals surface area (Å²) in [5.41, 5.74) is -0.731. The molecule has 2 heterocycles. The molecule has 10 heteroatoms. The lowest BCUT2D eigenvalue weighted by Gasteiger charge is -2.25. The molecule has 6 nitrogen and oxygen atoms in total. The largest absolute Gasteiger partial charge is 0.416 e. The van der Waals surface area contributed by atoms with Gasteiger partial charge in [0.1, 0.15) is 5.82 Å². The topological polar surface area (TPSA) is 75.4 Å². The fourth-order valence-corrected chi connectivity index (χ4v) is 3.69. The van der Waals surface area contributed by atoms with Crippen molar-refractivity contribution >= 4 is 11.8 Å². The van der Waals surface area contributed by atoms with Crippen molar-refractivity contribution < 1.29 is 31.7 Å². The third-order valence-electron chi connectivity index (χ3n) is 5.38. The first-order valence-electron chi connectivity index (χ1n) is 10.2. The number of amides is 2.